The number of benzene rings is 1. The van der Waals surface area contributed by atoms with E-state index in [4.69, 9.17) is 33.7 Å². The van der Waals surface area contributed by atoms with Crippen LogP contribution in [-0.4, -0.2) is 58.4 Å². The SMILES string of the molecule is CCOC(=O)[C@H](C)NP(=O)(OC[C@H]1O[C@@H](n2ccc(N)nc2=O)[C@]2(C)OC(C)(C)O[C@H]12)Oc1ccccc1C. The Morgan fingerprint density at radius 2 is 2.00 bits per heavy atom. The zero-order valence-corrected chi connectivity index (χ0v) is 23.7. The lowest BCUT2D eigenvalue weighted by atomic mass is 9.96. The van der Waals surface area contributed by atoms with E-state index in [2.05, 4.69) is 10.1 Å². The van der Waals surface area contributed by atoms with Crippen molar-refractivity contribution in [1.82, 2.24) is 14.6 Å². The molecule has 0 bridgehead atoms. The minimum atomic E-state index is -4.18. The molecule has 13 nitrogen and oxygen atoms in total. The van der Waals surface area contributed by atoms with Crippen LogP contribution in [0, 0.1) is 6.92 Å². The molecule has 1 aromatic heterocycles. The first kappa shape index (κ1) is 29.2. The van der Waals surface area contributed by atoms with Gasteiger partial charge >= 0.3 is 19.4 Å². The number of para-hydroxylation sites is 1. The number of aromatic nitrogens is 2. The molecule has 214 valence electrons. The lowest BCUT2D eigenvalue weighted by Crippen LogP contribution is -2.45. The van der Waals surface area contributed by atoms with Gasteiger partial charge in [-0.15, -0.1) is 0 Å². The van der Waals surface area contributed by atoms with Crippen molar-refractivity contribution in [2.75, 3.05) is 18.9 Å². The number of carbonyl (C=O) groups is 1. The maximum absolute atomic E-state index is 14.0. The summed E-state index contributed by atoms with van der Waals surface area (Å²) < 4.78 is 50.5. The van der Waals surface area contributed by atoms with Gasteiger partial charge in [0.15, 0.2) is 12.0 Å². The number of esters is 1. The van der Waals surface area contributed by atoms with Gasteiger partial charge in [0.1, 0.15) is 35.4 Å². The van der Waals surface area contributed by atoms with Crippen molar-refractivity contribution in [2.24, 2.45) is 0 Å². The molecule has 2 aliphatic rings. The second kappa shape index (κ2) is 11.0. The van der Waals surface area contributed by atoms with Crippen LogP contribution in [0.2, 0.25) is 0 Å². The van der Waals surface area contributed by atoms with Crippen molar-refractivity contribution < 1.29 is 37.4 Å². The minimum Gasteiger partial charge on any atom is -0.465 e. The number of carbonyl (C=O) groups excluding carboxylic acids is 1. The monoisotopic (exact) mass is 566 g/mol. The van der Waals surface area contributed by atoms with E-state index in [-0.39, 0.29) is 19.0 Å². The highest BCUT2D eigenvalue weighted by molar-refractivity contribution is 7.52. The Labute approximate surface area is 226 Å². The fraction of sp³-hybridized carbons (Fsp3) is 0.560. The Morgan fingerprint density at radius 1 is 1.28 bits per heavy atom. The number of anilines is 1. The van der Waals surface area contributed by atoms with Gasteiger partial charge in [-0.3, -0.25) is 13.9 Å². The second-order valence-electron chi connectivity index (χ2n) is 10.0. The third-order valence-corrected chi connectivity index (χ3v) is 8.02. The number of nitrogen functional groups attached to an aromatic ring is 1. The zero-order chi connectivity index (χ0) is 28.6. The Balaban J connectivity index is 1.61. The highest BCUT2D eigenvalue weighted by Gasteiger charge is 2.64. The van der Waals surface area contributed by atoms with Crippen LogP contribution in [0.15, 0.2) is 41.3 Å². The lowest BCUT2D eigenvalue weighted by Gasteiger charge is -2.30. The number of nitrogens with zero attached hydrogens (tertiary/aromatic N) is 2. The van der Waals surface area contributed by atoms with Gasteiger partial charge in [0.05, 0.1) is 13.2 Å². The van der Waals surface area contributed by atoms with Gasteiger partial charge in [0, 0.05) is 6.20 Å². The van der Waals surface area contributed by atoms with Crippen molar-refractivity contribution >= 4 is 19.5 Å². The quantitative estimate of drug-likeness (QED) is 0.320. The molecule has 0 amide bonds. The standard InChI is InChI=1S/C25H35N4O9P/c1-7-33-21(30)16(3)28-39(32,37-17-11-9-8-10-15(17)2)34-14-18-20-25(6,38-24(4,5)36-20)22(35-18)29-13-12-19(26)27-23(29)31/h8-13,16,18,20,22H,7,14H2,1-6H3,(H,28,32)(H2,26,27,31)/t16-,18+,20+,22+,25+,39?/m0/s1. The Hall–Kier alpha value is -2.80. The van der Waals surface area contributed by atoms with Gasteiger partial charge in [0.25, 0.3) is 0 Å². The zero-order valence-electron chi connectivity index (χ0n) is 22.8. The van der Waals surface area contributed by atoms with Gasteiger partial charge in [-0.1, -0.05) is 18.2 Å². The predicted octanol–water partition coefficient (Wildman–Crippen LogP) is 2.69. The molecule has 0 radical (unpaired) electrons. The summed E-state index contributed by atoms with van der Waals surface area (Å²) in [6, 6.07) is 7.42. The van der Waals surface area contributed by atoms with E-state index in [0.29, 0.717) is 11.3 Å². The first-order chi connectivity index (χ1) is 18.3. The van der Waals surface area contributed by atoms with Crippen LogP contribution in [0.25, 0.3) is 0 Å². The average molecular weight is 567 g/mol. The highest BCUT2D eigenvalue weighted by Crippen LogP contribution is 2.52. The fourth-order valence-corrected chi connectivity index (χ4v) is 6.29. The summed E-state index contributed by atoms with van der Waals surface area (Å²) in [7, 11) is -4.18. The van der Waals surface area contributed by atoms with Gasteiger partial charge in [0.2, 0.25) is 0 Å². The van der Waals surface area contributed by atoms with Crippen LogP contribution in [0.1, 0.15) is 46.4 Å². The molecule has 6 atom stereocenters. The van der Waals surface area contributed by atoms with Crippen molar-refractivity contribution in [1.29, 1.82) is 0 Å². The first-order valence-electron chi connectivity index (χ1n) is 12.6. The maximum atomic E-state index is 14.0. The smallest absolute Gasteiger partial charge is 0.459 e. The number of aryl methyl sites for hydroxylation is 1. The van der Waals surface area contributed by atoms with Crippen LogP contribution in [-0.2, 0) is 32.8 Å². The average Bonchev–Trinajstić information content (AvgIpc) is 3.24. The van der Waals surface area contributed by atoms with Gasteiger partial charge < -0.3 is 29.2 Å². The van der Waals surface area contributed by atoms with Crippen molar-refractivity contribution in [3.63, 3.8) is 0 Å². The maximum Gasteiger partial charge on any atom is 0.459 e. The van der Waals surface area contributed by atoms with Crippen molar-refractivity contribution in [3.8, 4) is 5.75 Å². The van der Waals surface area contributed by atoms with Crippen LogP contribution in [0.4, 0.5) is 5.82 Å². The molecule has 1 aromatic carbocycles. The van der Waals surface area contributed by atoms with E-state index in [1.807, 2.05) is 6.07 Å². The summed E-state index contributed by atoms with van der Waals surface area (Å²) in [5.74, 6) is -1.26. The molecule has 3 N–H and O–H groups in total. The number of rotatable bonds is 10. The van der Waals surface area contributed by atoms with Gasteiger partial charge in [-0.25, -0.2) is 9.36 Å². The molecule has 2 aliphatic heterocycles. The van der Waals surface area contributed by atoms with E-state index in [1.54, 1.807) is 52.8 Å². The first-order valence-corrected chi connectivity index (χ1v) is 14.1. The summed E-state index contributed by atoms with van der Waals surface area (Å²) in [4.78, 5) is 28.7. The van der Waals surface area contributed by atoms with Gasteiger partial charge in [-0.2, -0.15) is 10.1 Å². The van der Waals surface area contributed by atoms with Crippen molar-refractivity contribution in [3.05, 3.63) is 52.6 Å². The molecule has 2 fully saturated rings. The molecule has 39 heavy (non-hydrogen) atoms. The summed E-state index contributed by atoms with van der Waals surface area (Å²) in [6.45, 7) is 10.0. The van der Waals surface area contributed by atoms with Crippen molar-refractivity contribution in [2.45, 2.75) is 77.4 Å². The Kier molecular flexibility index (Phi) is 8.23. The van der Waals surface area contributed by atoms with Crippen LogP contribution in [0.5, 0.6) is 5.75 Å². The normalized spacial score (nSPS) is 27.9. The molecule has 0 aliphatic carbocycles. The Morgan fingerprint density at radius 3 is 2.67 bits per heavy atom. The largest absolute Gasteiger partial charge is 0.465 e. The molecule has 1 unspecified atom stereocenters. The third kappa shape index (κ3) is 6.19. The highest BCUT2D eigenvalue weighted by atomic mass is 31.2. The second-order valence-corrected chi connectivity index (χ2v) is 11.7. The molecular weight excluding hydrogens is 531 g/mol. The fourth-order valence-electron chi connectivity index (χ4n) is 4.72. The summed E-state index contributed by atoms with van der Waals surface area (Å²) in [5.41, 5.74) is 4.60. The third-order valence-electron chi connectivity index (χ3n) is 6.39. The molecule has 2 aromatic rings. The van der Waals surface area contributed by atoms with E-state index in [9.17, 15) is 14.2 Å². The number of nitrogens with one attached hydrogen (secondary N) is 1. The van der Waals surface area contributed by atoms with Crippen LogP contribution < -0.4 is 21.0 Å². The summed E-state index contributed by atoms with van der Waals surface area (Å²) in [5, 5.41) is 2.65. The lowest BCUT2D eigenvalue weighted by molar-refractivity contribution is -0.217. The number of fused-ring (bicyclic) bond motifs is 1. The van der Waals surface area contributed by atoms with E-state index < -0.39 is 55.3 Å². The molecular formula is C25H35N4O9P. The van der Waals surface area contributed by atoms with E-state index in [0.717, 1.165) is 0 Å². The number of hydrogen-bond acceptors (Lipinski definition) is 11. The summed E-state index contributed by atoms with van der Waals surface area (Å²) in [6.07, 6.45) is -1.07. The molecule has 4 rings (SSSR count). The van der Waals surface area contributed by atoms with E-state index in [1.165, 1.54) is 23.8 Å². The number of nitrogens with two attached hydrogens (primary N) is 1. The number of hydrogen-bond donors (Lipinski definition) is 2. The molecule has 0 spiro atoms. The molecule has 3 heterocycles. The number of ether oxygens (including phenoxy) is 4. The van der Waals surface area contributed by atoms with Crippen LogP contribution in [0.3, 0.4) is 0 Å². The van der Waals surface area contributed by atoms with E-state index >= 15 is 0 Å². The molecule has 2 saturated heterocycles. The predicted molar refractivity (Wildman–Crippen MR) is 140 cm³/mol. The minimum absolute atomic E-state index is 0.0656. The molecule has 14 heteroatoms. The Bertz CT molecular complexity index is 1320. The molecule has 0 saturated carbocycles. The van der Waals surface area contributed by atoms with Crippen LogP contribution >= 0.6 is 7.75 Å². The summed E-state index contributed by atoms with van der Waals surface area (Å²) >= 11 is 0. The topological polar surface area (TPSA) is 162 Å². The van der Waals surface area contributed by atoms with Gasteiger partial charge in [-0.05, 0) is 59.2 Å².